The first kappa shape index (κ1) is 15.2. The molecule has 0 aliphatic rings. The van der Waals surface area contributed by atoms with Crippen LogP contribution in [0.1, 0.15) is 22.2 Å². The molecule has 7 heteroatoms. The van der Waals surface area contributed by atoms with Crippen LogP contribution in [0.3, 0.4) is 0 Å². The van der Waals surface area contributed by atoms with E-state index in [1.165, 1.54) is 16.5 Å². The molecule has 2 aromatic heterocycles. The Balaban J connectivity index is 2.20. The van der Waals surface area contributed by atoms with Crippen molar-refractivity contribution in [3.63, 3.8) is 0 Å². The summed E-state index contributed by atoms with van der Waals surface area (Å²) < 4.78 is 0. The van der Waals surface area contributed by atoms with Crippen LogP contribution in [0.4, 0.5) is 17.3 Å². The van der Waals surface area contributed by atoms with Crippen molar-refractivity contribution in [3.8, 4) is 0 Å². The largest absolute Gasteiger partial charge is 0.370 e. The topological polar surface area (TPSA) is 80.1 Å². The number of hydrogen-bond donors (Lipinski definition) is 2. The van der Waals surface area contributed by atoms with E-state index in [0.29, 0.717) is 24.7 Å². The van der Waals surface area contributed by atoms with Crippen molar-refractivity contribution in [3.05, 3.63) is 43.6 Å². The summed E-state index contributed by atoms with van der Waals surface area (Å²) in [5.74, 6) is 0.922. The molecule has 0 amide bonds. The van der Waals surface area contributed by atoms with Crippen molar-refractivity contribution >= 4 is 28.7 Å². The van der Waals surface area contributed by atoms with Crippen LogP contribution in [0.5, 0.6) is 0 Å². The minimum Gasteiger partial charge on any atom is -0.370 e. The molecule has 0 radical (unpaired) electrons. The van der Waals surface area contributed by atoms with Gasteiger partial charge in [-0.2, -0.15) is 0 Å². The van der Waals surface area contributed by atoms with Crippen molar-refractivity contribution < 1.29 is 4.92 Å². The van der Waals surface area contributed by atoms with E-state index in [1.54, 1.807) is 17.4 Å². The van der Waals surface area contributed by atoms with Gasteiger partial charge < -0.3 is 10.6 Å². The first-order valence-electron chi connectivity index (χ1n) is 6.70. The number of pyridine rings is 1. The van der Waals surface area contributed by atoms with E-state index in [4.69, 9.17) is 0 Å². The zero-order chi connectivity index (χ0) is 15.4. The molecule has 0 aliphatic carbocycles. The molecule has 0 spiro atoms. The molecule has 0 fully saturated rings. The maximum Gasteiger partial charge on any atom is 0.311 e. The van der Waals surface area contributed by atoms with Gasteiger partial charge in [-0.3, -0.25) is 10.1 Å². The molecule has 112 valence electrons. The molecule has 0 aromatic carbocycles. The summed E-state index contributed by atoms with van der Waals surface area (Å²) in [4.78, 5) is 17.3. The van der Waals surface area contributed by atoms with E-state index in [2.05, 4.69) is 35.5 Å². The smallest absolute Gasteiger partial charge is 0.311 e. The predicted molar refractivity (Wildman–Crippen MR) is 86.2 cm³/mol. The molecule has 2 heterocycles. The van der Waals surface area contributed by atoms with Gasteiger partial charge >= 0.3 is 5.69 Å². The molecule has 2 aromatic rings. The summed E-state index contributed by atoms with van der Waals surface area (Å²) in [7, 11) is 0. The number of nitrogens with one attached hydrogen (secondary N) is 2. The third-order valence-electron chi connectivity index (χ3n) is 3.08. The SMILES string of the molecule is CCNc1ccc([N+](=O)[O-])c(NCc2cc(C)c(C)s2)n1. The highest BCUT2D eigenvalue weighted by Crippen LogP contribution is 2.26. The van der Waals surface area contributed by atoms with Crippen LogP contribution in [0, 0.1) is 24.0 Å². The van der Waals surface area contributed by atoms with Crippen LogP contribution < -0.4 is 10.6 Å². The van der Waals surface area contributed by atoms with Crippen LogP contribution in [0.15, 0.2) is 18.2 Å². The summed E-state index contributed by atoms with van der Waals surface area (Å²) in [6.45, 7) is 7.32. The Morgan fingerprint density at radius 1 is 1.33 bits per heavy atom. The highest BCUT2D eigenvalue weighted by atomic mass is 32.1. The maximum absolute atomic E-state index is 11.1. The Bertz CT molecular complexity index is 635. The second-order valence-corrected chi connectivity index (χ2v) is 6.00. The van der Waals surface area contributed by atoms with Crippen LogP contribution in [-0.4, -0.2) is 16.5 Å². The van der Waals surface area contributed by atoms with Crippen LogP contribution in [-0.2, 0) is 6.54 Å². The molecule has 21 heavy (non-hydrogen) atoms. The average Bonchev–Trinajstić information content (AvgIpc) is 2.76. The second-order valence-electron chi connectivity index (χ2n) is 4.66. The molecule has 0 bridgehead atoms. The number of thiophene rings is 1. The van der Waals surface area contributed by atoms with E-state index >= 15 is 0 Å². The van der Waals surface area contributed by atoms with Crippen LogP contribution >= 0.6 is 11.3 Å². The minimum atomic E-state index is -0.421. The summed E-state index contributed by atoms with van der Waals surface area (Å²) in [5, 5.41) is 17.2. The molecule has 6 nitrogen and oxygen atoms in total. The highest BCUT2D eigenvalue weighted by molar-refractivity contribution is 7.12. The second kappa shape index (κ2) is 6.53. The van der Waals surface area contributed by atoms with Gasteiger partial charge in [0.25, 0.3) is 0 Å². The van der Waals surface area contributed by atoms with Gasteiger partial charge in [0.1, 0.15) is 5.82 Å². The Morgan fingerprint density at radius 3 is 2.67 bits per heavy atom. The van der Waals surface area contributed by atoms with Gasteiger partial charge in [-0.1, -0.05) is 0 Å². The minimum absolute atomic E-state index is 0.0124. The quantitative estimate of drug-likeness (QED) is 0.628. The van der Waals surface area contributed by atoms with Gasteiger partial charge in [-0.15, -0.1) is 11.3 Å². The zero-order valence-electron chi connectivity index (χ0n) is 12.3. The van der Waals surface area contributed by atoms with E-state index < -0.39 is 4.92 Å². The molecule has 0 saturated heterocycles. The Kier molecular flexibility index (Phi) is 4.74. The van der Waals surface area contributed by atoms with Crippen molar-refractivity contribution in [1.29, 1.82) is 0 Å². The summed E-state index contributed by atoms with van der Waals surface area (Å²) >= 11 is 1.69. The lowest BCUT2D eigenvalue weighted by Gasteiger charge is -2.08. The fraction of sp³-hybridized carbons (Fsp3) is 0.357. The third-order valence-corrected chi connectivity index (χ3v) is 4.23. The van der Waals surface area contributed by atoms with E-state index in [0.717, 1.165) is 4.88 Å². The normalized spacial score (nSPS) is 10.4. The van der Waals surface area contributed by atoms with Crippen molar-refractivity contribution in [2.75, 3.05) is 17.2 Å². The molecule has 0 aliphatic heterocycles. The van der Waals surface area contributed by atoms with Gasteiger partial charge in [0, 0.05) is 22.4 Å². The van der Waals surface area contributed by atoms with Gasteiger partial charge in [0.05, 0.1) is 11.5 Å². The molecule has 0 atom stereocenters. The van der Waals surface area contributed by atoms with E-state index in [9.17, 15) is 10.1 Å². The third kappa shape index (κ3) is 3.69. The van der Waals surface area contributed by atoms with Crippen LogP contribution in [0.25, 0.3) is 0 Å². The van der Waals surface area contributed by atoms with Gasteiger partial charge in [0.2, 0.25) is 5.82 Å². The van der Waals surface area contributed by atoms with Gasteiger partial charge in [-0.25, -0.2) is 4.98 Å². The monoisotopic (exact) mass is 306 g/mol. The van der Waals surface area contributed by atoms with Gasteiger partial charge in [-0.05, 0) is 38.5 Å². The standard InChI is InChI=1S/C14H18N4O2S/c1-4-15-13-6-5-12(18(19)20)14(17-13)16-8-11-7-9(2)10(3)21-11/h5-7H,4,8H2,1-3H3,(H2,15,16,17). The number of nitro groups is 1. The summed E-state index contributed by atoms with van der Waals surface area (Å²) in [5.41, 5.74) is 1.22. The Hall–Kier alpha value is -2.15. The van der Waals surface area contributed by atoms with Gasteiger partial charge in [0.15, 0.2) is 0 Å². The molecule has 2 N–H and O–H groups in total. The number of nitrogens with zero attached hydrogens (tertiary/aromatic N) is 2. The first-order valence-corrected chi connectivity index (χ1v) is 7.52. The average molecular weight is 306 g/mol. The molecule has 2 rings (SSSR count). The van der Waals surface area contributed by atoms with Crippen molar-refractivity contribution in [2.45, 2.75) is 27.3 Å². The molecule has 0 saturated carbocycles. The molecular formula is C14H18N4O2S. The van der Waals surface area contributed by atoms with Crippen LogP contribution in [0.2, 0.25) is 0 Å². The summed E-state index contributed by atoms with van der Waals surface area (Å²) in [6, 6.07) is 5.18. The molecule has 0 unspecified atom stereocenters. The van der Waals surface area contributed by atoms with Crippen molar-refractivity contribution in [2.24, 2.45) is 0 Å². The maximum atomic E-state index is 11.1. The first-order chi connectivity index (χ1) is 10.0. The lowest BCUT2D eigenvalue weighted by Crippen LogP contribution is -2.06. The fourth-order valence-corrected chi connectivity index (χ4v) is 2.91. The molecular weight excluding hydrogens is 288 g/mol. The Morgan fingerprint density at radius 2 is 2.10 bits per heavy atom. The number of aryl methyl sites for hydroxylation is 2. The fourth-order valence-electron chi connectivity index (χ4n) is 1.92. The lowest BCUT2D eigenvalue weighted by atomic mass is 10.3. The number of anilines is 2. The van der Waals surface area contributed by atoms with E-state index in [-0.39, 0.29) is 5.69 Å². The number of hydrogen-bond acceptors (Lipinski definition) is 6. The highest BCUT2D eigenvalue weighted by Gasteiger charge is 2.16. The zero-order valence-corrected chi connectivity index (χ0v) is 13.1. The summed E-state index contributed by atoms with van der Waals surface area (Å²) in [6.07, 6.45) is 0. The predicted octanol–water partition coefficient (Wildman–Crippen LogP) is 3.71. The van der Waals surface area contributed by atoms with Crippen molar-refractivity contribution in [1.82, 2.24) is 4.98 Å². The lowest BCUT2D eigenvalue weighted by molar-refractivity contribution is -0.384. The Labute approximate surface area is 127 Å². The number of aromatic nitrogens is 1. The number of rotatable bonds is 6. The van der Waals surface area contributed by atoms with E-state index in [1.807, 2.05) is 6.92 Å².